The molecule has 0 bridgehead atoms. The van der Waals surface area contributed by atoms with Crippen LogP contribution >= 0.6 is 0 Å². The van der Waals surface area contributed by atoms with Gasteiger partial charge in [0.05, 0.1) is 11.1 Å². The fourth-order valence-corrected chi connectivity index (χ4v) is 2.78. The van der Waals surface area contributed by atoms with E-state index in [1.165, 1.54) is 0 Å². The van der Waals surface area contributed by atoms with Gasteiger partial charge in [-0.05, 0) is 37.1 Å². The monoisotopic (exact) mass is 267 g/mol. The smallest absolute Gasteiger partial charge is 0.236 e. The summed E-state index contributed by atoms with van der Waals surface area (Å²) in [5.41, 5.74) is 9.94. The van der Waals surface area contributed by atoms with Gasteiger partial charge in [0.1, 0.15) is 0 Å². The van der Waals surface area contributed by atoms with Crippen LogP contribution < -0.4 is 10.6 Å². The molecule has 4 nitrogen and oxygen atoms in total. The maximum Gasteiger partial charge on any atom is 0.236 e. The second-order valence-corrected chi connectivity index (χ2v) is 5.73. The lowest BCUT2D eigenvalue weighted by Crippen LogP contribution is -2.33. The Morgan fingerprint density at radius 3 is 2.60 bits per heavy atom. The maximum atomic E-state index is 12.3. The van der Waals surface area contributed by atoms with E-state index in [-0.39, 0.29) is 5.91 Å². The van der Waals surface area contributed by atoms with E-state index in [0.717, 1.165) is 22.4 Å². The number of aromatic nitrogens is 1. The van der Waals surface area contributed by atoms with E-state index in [1.807, 2.05) is 45.2 Å². The van der Waals surface area contributed by atoms with Gasteiger partial charge in [0.2, 0.25) is 5.91 Å². The normalized spacial score (nSPS) is 16.4. The molecule has 0 spiro atoms. The van der Waals surface area contributed by atoms with Gasteiger partial charge in [-0.3, -0.25) is 9.78 Å². The predicted octanol–water partition coefficient (Wildman–Crippen LogP) is 2.58. The molecule has 2 heterocycles. The quantitative estimate of drug-likeness (QED) is 0.864. The van der Waals surface area contributed by atoms with Crippen LogP contribution in [0.25, 0.3) is 11.1 Å². The first-order valence-electron chi connectivity index (χ1n) is 6.55. The molecule has 0 atom stereocenters. The molecule has 4 heteroatoms. The fraction of sp³-hybridized carbons (Fsp3) is 0.250. The van der Waals surface area contributed by atoms with Crippen LogP contribution in [0.1, 0.15) is 19.4 Å². The first kappa shape index (κ1) is 12.7. The summed E-state index contributed by atoms with van der Waals surface area (Å²) in [7, 11) is 1.82. The number of hydrogen-bond acceptors (Lipinski definition) is 3. The third-order valence-corrected chi connectivity index (χ3v) is 3.96. The zero-order valence-electron chi connectivity index (χ0n) is 11.8. The number of nitrogens with zero attached hydrogens (tertiary/aromatic N) is 2. The minimum atomic E-state index is -0.462. The van der Waals surface area contributed by atoms with Crippen LogP contribution in [0, 0.1) is 0 Å². The van der Waals surface area contributed by atoms with Crippen LogP contribution in [0.2, 0.25) is 0 Å². The van der Waals surface area contributed by atoms with Crippen molar-refractivity contribution in [3.63, 3.8) is 0 Å². The highest BCUT2D eigenvalue weighted by atomic mass is 16.2. The average molecular weight is 267 g/mol. The summed E-state index contributed by atoms with van der Waals surface area (Å²) in [6.07, 6.45) is 3.40. The molecule has 102 valence electrons. The van der Waals surface area contributed by atoms with Crippen LogP contribution in [-0.4, -0.2) is 17.9 Å². The lowest BCUT2D eigenvalue weighted by atomic mass is 9.85. The molecule has 20 heavy (non-hydrogen) atoms. The molecule has 0 aliphatic carbocycles. The van der Waals surface area contributed by atoms with Gasteiger partial charge in [-0.1, -0.05) is 12.1 Å². The van der Waals surface area contributed by atoms with E-state index in [1.54, 1.807) is 17.3 Å². The highest BCUT2D eigenvalue weighted by Gasteiger charge is 2.42. The highest BCUT2D eigenvalue weighted by molar-refractivity contribution is 6.07. The molecule has 0 saturated heterocycles. The van der Waals surface area contributed by atoms with Gasteiger partial charge in [-0.25, -0.2) is 0 Å². The van der Waals surface area contributed by atoms with E-state index >= 15 is 0 Å². The molecular formula is C16H17N3O. The first-order valence-corrected chi connectivity index (χ1v) is 6.55. The van der Waals surface area contributed by atoms with Crippen LogP contribution in [0.4, 0.5) is 11.4 Å². The topological polar surface area (TPSA) is 59.2 Å². The molecule has 1 aliphatic heterocycles. The van der Waals surface area contributed by atoms with E-state index in [4.69, 9.17) is 5.73 Å². The van der Waals surface area contributed by atoms with Gasteiger partial charge in [-0.2, -0.15) is 0 Å². The molecule has 1 aliphatic rings. The molecule has 0 radical (unpaired) electrons. The van der Waals surface area contributed by atoms with Crippen molar-refractivity contribution in [2.45, 2.75) is 19.3 Å². The zero-order valence-corrected chi connectivity index (χ0v) is 11.8. The molecule has 1 amide bonds. The van der Waals surface area contributed by atoms with Crippen molar-refractivity contribution in [1.82, 2.24) is 4.98 Å². The first-order chi connectivity index (χ1) is 9.41. The van der Waals surface area contributed by atoms with Crippen molar-refractivity contribution in [3.05, 3.63) is 42.2 Å². The van der Waals surface area contributed by atoms with Gasteiger partial charge in [0.25, 0.3) is 0 Å². The minimum Gasteiger partial charge on any atom is -0.397 e. The van der Waals surface area contributed by atoms with E-state index in [2.05, 4.69) is 4.98 Å². The van der Waals surface area contributed by atoms with Gasteiger partial charge >= 0.3 is 0 Å². The van der Waals surface area contributed by atoms with Gasteiger partial charge < -0.3 is 10.6 Å². The van der Waals surface area contributed by atoms with Crippen molar-refractivity contribution in [2.75, 3.05) is 17.7 Å². The van der Waals surface area contributed by atoms with E-state index in [0.29, 0.717) is 5.69 Å². The Morgan fingerprint density at radius 1 is 1.15 bits per heavy atom. The summed E-state index contributed by atoms with van der Waals surface area (Å²) < 4.78 is 0. The summed E-state index contributed by atoms with van der Waals surface area (Å²) in [6.45, 7) is 3.92. The number of rotatable bonds is 1. The van der Waals surface area contributed by atoms with Crippen molar-refractivity contribution < 1.29 is 4.79 Å². The van der Waals surface area contributed by atoms with Crippen molar-refractivity contribution in [3.8, 4) is 11.1 Å². The largest absolute Gasteiger partial charge is 0.397 e. The fourth-order valence-electron chi connectivity index (χ4n) is 2.78. The minimum absolute atomic E-state index is 0.121. The summed E-state index contributed by atoms with van der Waals surface area (Å²) >= 11 is 0. The van der Waals surface area contributed by atoms with Gasteiger partial charge in [0.15, 0.2) is 0 Å². The summed E-state index contributed by atoms with van der Waals surface area (Å²) in [6, 6.07) is 7.95. The summed E-state index contributed by atoms with van der Waals surface area (Å²) in [5, 5.41) is 0. The number of hydrogen-bond donors (Lipinski definition) is 1. The maximum absolute atomic E-state index is 12.3. The molecule has 2 aromatic rings. The Labute approximate surface area is 118 Å². The third kappa shape index (κ3) is 1.68. The molecule has 1 aromatic carbocycles. The van der Waals surface area contributed by atoms with E-state index in [9.17, 15) is 4.79 Å². The Morgan fingerprint density at radius 2 is 1.90 bits per heavy atom. The number of pyridine rings is 1. The average Bonchev–Trinajstić information content (AvgIpc) is 2.60. The van der Waals surface area contributed by atoms with Gasteiger partial charge in [0, 0.05) is 30.7 Å². The molecule has 2 N–H and O–H groups in total. The second kappa shape index (κ2) is 4.07. The Hall–Kier alpha value is -2.36. The number of nitrogen functional groups attached to an aromatic ring is 1. The lowest BCUT2D eigenvalue weighted by molar-refractivity contribution is -0.121. The number of fused-ring (bicyclic) bond motifs is 1. The molecule has 0 unspecified atom stereocenters. The number of carbonyl (C=O) groups excluding carboxylic acids is 1. The summed E-state index contributed by atoms with van der Waals surface area (Å²) in [4.78, 5) is 18.1. The predicted molar refractivity (Wildman–Crippen MR) is 80.5 cm³/mol. The van der Waals surface area contributed by atoms with Crippen molar-refractivity contribution in [1.29, 1.82) is 0 Å². The Kier molecular flexibility index (Phi) is 2.57. The van der Waals surface area contributed by atoms with Gasteiger partial charge in [-0.15, -0.1) is 0 Å². The molecule has 0 saturated carbocycles. The second-order valence-electron chi connectivity index (χ2n) is 5.73. The van der Waals surface area contributed by atoms with Crippen molar-refractivity contribution in [2.24, 2.45) is 0 Å². The number of nitrogens with two attached hydrogens (primary N) is 1. The standard InChI is InChI=1S/C16H17N3O/c1-16(2)13-5-4-10(7-14(13)19(3)15(16)20)11-6-12(17)9-18-8-11/h4-9H,17H2,1-3H3. The van der Waals surface area contributed by atoms with Crippen LogP contribution in [0.5, 0.6) is 0 Å². The zero-order chi connectivity index (χ0) is 14.5. The third-order valence-electron chi connectivity index (χ3n) is 3.96. The van der Waals surface area contributed by atoms with Crippen LogP contribution in [0.15, 0.2) is 36.7 Å². The van der Waals surface area contributed by atoms with E-state index < -0.39 is 5.41 Å². The SMILES string of the molecule is CN1C(=O)C(C)(C)c2ccc(-c3cncc(N)c3)cc21. The number of anilines is 2. The number of amides is 1. The Balaban J connectivity index is 2.14. The Bertz CT molecular complexity index is 707. The summed E-state index contributed by atoms with van der Waals surface area (Å²) in [5.74, 6) is 0.121. The number of carbonyl (C=O) groups is 1. The molecule has 1 aromatic heterocycles. The van der Waals surface area contributed by atoms with Crippen LogP contribution in [0.3, 0.4) is 0 Å². The van der Waals surface area contributed by atoms with Crippen molar-refractivity contribution >= 4 is 17.3 Å². The number of benzene rings is 1. The van der Waals surface area contributed by atoms with Crippen LogP contribution in [-0.2, 0) is 10.2 Å². The lowest BCUT2D eigenvalue weighted by Gasteiger charge is -2.16. The number of likely N-dealkylation sites (N-methyl/N-ethyl adjacent to an activating group) is 1. The molecule has 3 rings (SSSR count). The highest BCUT2D eigenvalue weighted by Crippen LogP contribution is 2.42. The molecule has 0 fully saturated rings. The molecular weight excluding hydrogens is 250 g/mol.